The van der Waals surface area contributed by atoms with Crippen LogP contribution in [-0.4, -0.2) is 7.11 Å². The van der Waals surface area contributed by atoms with Gasteiger partial charge in [0.05, 0.1) is 13.2 Å². The van der Waals surface area contributed by atoms with Gasteiger partial charge in [0.15, 0.2) is 0 Å². The third kappa shape index (κ3) is 3.17. The molecule has 0 aliphatic heterocycles. The third-order valence-corrected chi connectivity index (χ3v) is 5.12. The average Bonchev–Trinajstić information content (AvgIpc) is 2.44. The molecule has 2 nitrogen and oxygen atoms in total. The van der Waals surface area contributed by atoms with Gasteiger partial charge in [0.1, 0.15) is 5.75 Å². The standard InChI is InChI=1S/C17H19Br2NO/c1-9-5-6-12(18)8-13(9)16(20)15-11(3)14(19)7-10(2)17(15)21-4/h5-8,16H,20H2,1-4H3. The predicted molar refractivity (Wildman–Crippen MR) is 95.1 cm³/mol. The lowest BCUT2D eigenvalue weighted by atomic mass is 9.91. The summed E-state index contributed by atoms with van der Waals surface area (Å²) in [5, 5.41) is 0. The zero-order valence-electron chi connectivity index (χ0n) is 12.6. The monoisotopic (exact) mass is 411 g/mol. The second-order valence-electron chi connectivity index (χ2n) is 5.23. The molecule has 2 rings (SSSR count). The highest BCUT2D eigenvalue weighted by Crippen LogP contribution is 2.38. The molecule has 21 heavy (non-hydrogen) atoms. The van der Waals surface area contributed by atoms with Crippen molar-refractivity contribution < 1.29 is 4.74 Å². The minimum atomic E-state index is -0.228. The smallest absolute Gasteiger partial charge is 0.127 e. The van der Waals surface area contributed by atoms with E-state index in [-0.39, 0.29) is 6.04 Å². The molecule has 0 heterocycles. The Morgan fingerprint density at radius 2 is 1.71 bits per heavy atom. The number of ether oxygens (including phenoxy) is 1. The number of nitrogens with two attached hydrogens (primary N) is 1. The summed E-state index contributed by atoms with van der Waals surface area (Å²) in [4.78, 5) is 0. The second kappa shape index (κ2) is 6.51. The van der Waals surface area contributed by atoms with Crippen molar-refractivity contribution in [1.29, 1.82) is 0 Å². The van der Waals surface area contributed by atoms with Crippen LogP contribution >= 0.6 is 31.9 Å². The van der Waals surface area contributed by atoms with Gasteiger partial charge in [-0.2, -0.15) is 0 Å². The molecular formula is C17H19Br2NO. The van der Waals surface area contributed by atoms with Crippen molar-refractivity contribution in [1.82, 2.24) is 0 Å². The van der Waals surface area contributed by atoms with Crippen molar-refractivity contribution in [2.75, 3.05) is 7.11 Å². The number of hydrogen-bond acceptors (Lipinski definition) is 2. The zero-order chi connectivity index (χ0) is 15.7. The quantitative estimate of drug-likeness (QED) is 0.752. The number of halogens is 2. The molecule has 0 fully saturated rings. The summed E-state index contributed by atoms with van der Waals surface area (Å²) in [6.45, 7) is 6.18. The highest BCUT2D eigenvalue weighted by Gasteiger charge is 2.21. The van der Waals surface area contributed by atoms with E-state index in [4.69, 9.17) is 10.5 Å². The Bertz CT molecular complexity index is 683. The van der Waals surface area contributed by atoms with Crippen molar-refractivity contribution in [3.8, 4) is 5.75 Å². The molecule has 0 saturated carbocycles. The lowest BCUT2D eigenvalue weighted by Gasteiger charge is -2.23. The first kappa shape index (κ1) is 16.5. The maximum Gasteiger partial charge on any atom is 0.127 e. The van der Waals surface area contributed by atoms with Crippen molar-refractivity contribution in [3.05, 3.63) is 61.0 Å². The minimum absolute atomic E-state index is 0.228. The predicted octanol–water partition coefficient (Wildman–Crippen LogP) is 5.19. The van der Waals surface area contributed by atoms with Gasteiger partial charge in [-0.3, -0.25) is 0 Å². The topological polar surface area (TPSA) is 35.2 Å². The molecule has 1 atom stereocenters. The van der Waals surface area contributed by atoms with Gasteiger partial charge >= 0.3 is 0 Å². The molecule has 2 N–H and O–H groups in total. The summed E-state index contributed by atoms with van der Waals surface area (Å²) < 4.78 is 7.70. The van der Waals surface area contributed by atoms with Gasteiger partial charge in [-0.05, 0) is 61.2 Å². The van der Waals surface area contributed by atoms with Gasteiger partial charge in [0, 0.05) is 14.5 Å². The van der Waals surface area contributed by atoms with Gasteiger partial charge in [-0.15, -0.1) is 0 Å². The first-order valence-corrected chi connectivity index (χ1v) is 8.30. The molecule has 0 bridgehead atoms. The maximum atomic E-state index is 6.58. The summed E-state index contributed by atoms with van der Waals surface area (Å²) in [5.41, 5.74) is 12.1. The van der Waals surface area contributed by atoms with E-state index in [2.05, 4.69) is 63.9 Å². The summed E-state index contributed by atoms with van der Waals surface area (Å²) in [5.74, 6) is 0.863. The van der Waals surface area contributed by atoms with Crippen LogP contribution in [0.4, 0.5) is 0 Å². The molecule has 0 spiro atoms. The van der Waals surface area contributed by atoms with Gasteiger partial charge in [0.25, 0.3) is 0 Å². The first-order valence-electron chi connectivity index (χ1n) is 6.72. The molecule has 0 aliphatic rings. The summed E-state index contributed by atoms with van der Waals surface area (Å²) in [6, 6.07) is 8.02. The number of hydrogen-bond donors (Lipinski definition) is 1. The van der Waals surface area contributed by atoms with Crippen LogP contribution in [0.15, 0.2) is 33.2 Å². The minimum Gasteiger partial charge on any atom is -0.496 e. The van der Waals surface area contributed by atoms with Gasteiger partial charge in [-0.25, -0.2) is 0 Å². The Balaban J connectivity index is 2.68. The van der Waals surface area contributed by atoms with Crippen LogP contribution < -0.4 is 10.5 Å². The molecule has 0 saturated heterocycles. The Labute approximate surface area is 143 Å². The van der Waals surface area contributed by atoms with Crippen molar-refractivity contribution in [2.45, 2.75) is 26.8 Å². The highest BCUT2D eigenvalue weighted by atomic mass is 79.9. The SMILES string of the molecule is COc1c(C)cc(Br)c(C)c1C(N)c1cc(Br)ccc1C. The highest BCUT2D eigenvalue weighted by molar-refractivity contribution is 9.10. The van der Waals surface area contributed by atoms with E-state index >= 15 is 0 Å². The summed E-state index contributed by atoms with van der Waals surface area (Å²) >= 11 is 7.14. The fourth-order valence-corrected chi connectivity index (χ4v) is 3.56. The van der Waals surface area contributed by atoms with Gasteiger partial charge < -0.3 is 10.5 Å². The molecule has 0 radical (unpaired) electrons. The fourth-order valence-electron chi connectivity index (χ4n) is 2.62. The summed E-state index contributed by atoms with van der Waals surface area (Å²) in [6.07, 6.45) is 0. The Morgan fingerprint density at radius 1 is 1.05 bits per heavy atom. The third-order valence-electron chi connectivity index (χ3n) is 3.80. The van der Waals surface area contributed by atoms with E-state index in [0.29, 0.717) is 0 Å². The van der Waals surface area contributed by atoms with E-state index in [1.54, 1.807) is 7.11 Å². The number of methoxy groups -OCH3 is 1. The van der Waals surface area contributed by atoms with Crippen LogP contribution in [0.2, 0.25) is 0 Å². The van der Waals surface area contributed by atoms with Gasteiger partial charge in [0.2, 0.25) is 0 Å². The number of benzene rings is 2. The molecule has 4 heteroatoms. The first-order chi connectivity index (χ1) is 9.86. The number of aryl methyl sites for hydroxylation is 2. The van der Waals surface area contributed by atoms with Gasteiger partial charge in [-0.1, -0.05) is 37.9 Å². The van der Waals surface area contributed by atoms with Crippen molar-refractivity contribution >= 4 is 31.9 Å². The molecule has 0 aromatic heterocycles. The molecule has 0 amide bonds. The number of rotatable bonds is 3. The molecule has 0 aliphatic carbocycles. The van der Waals surface area contributed by atoms with E-state index in [9.17, 15) is 0 Å². The molecular weight excluding hydrogens is 394 g/mol. The molecule has 2 aromatic carbocycles. The maximum absolute atomic E-state index is 6.58. The van der Waals surface area contributed by atoms with Crippen molar-refractivity contribution in [2.24, 2.45) is 5.73 Å². The Hall–Kier alpha value is -0.840. The van der Waals surface area contributed by atoms with E-state index in [1.165, 1.54) is 5.56 Å². The molecule has 1 unspecified atom stereocenters. The fraction of sp³-hybridized carbons (Fsp3) is 0.294. The van der Waals surface area contributed by atoms with E-state index < -0.39 is 0 Å². The van der Waals surface area contributed by atoms with Crippen LogP contribution in [-0.2, 0) is 0 Å². The van der Waals surface area contributed by atoms with E-state index in [1.807, 2.05) is 13.0 Å². The van der Waals surface area contributed by atoms with Crippen LogP contribution in [0, 0.1) is 20.8 Å². The van der Waals surface area contributed by atoms with Crippen molar-refractivity contribution in [3.63, 3.8) is 0 Å². The second-order valence-corrected chi connectivity index (χ2v) is 7.00. The van der Waals surface area contributed by atoms with Crippen LogP contribution in [0.3, 0.4) is 0 Å². The molecule has 2 aromatic rings. The Morgan fingerprint density at radius 3 is 2.33 bits per heavy atom. The summed E-state index contributed by atoms with van der Waals surface area (Å²) in [7, 11) is 1.69. The zero-order valence-corrected chi connectivity index (χ0v) is 15.8. The average molecular weight is 413 g/mol. The Kier molecular flexibility index (Phi) is 5.12. The van der Waals surface area contributed by atoms with Crippen LogP contribution in [0.5, 0.6) is 5.75 Å². The largest absolute Gasteiger partial charge is 0.496 e. The van der Waals surface area contributed by atoms with Crippen LogP contribution in [0.25, 0.3) is 0 Å². The lowest BCUT2D eigenvalue weighted by molar-refractivity contribution is 0.404. The normalized spacial score (nSPS) is 12.3. The lowest BCUT2D eigenvalue weighted by Crippen LogP contribution is -2.16. The van der Waals surface area contributed by atoms with Crippen LogP contribution in [0.1, 0.15) is 33.9 Å². The molecule has 112 valence electrons. The van der Waals surface area contributed by atoms with E-state index in [0.717, 1.165) is 36.9 Å².